The summed E-state index contributed by atoms with van der Waals surface area (Å²) in [4.78, 5) is 50.6. The maximum Gasteiger partial charge on any atom is 0.217 e. The van der Waals surface area contributed by atoms with Crippen molar-refractivity contribution in [2.75, 3.05) is 52.9 Å². The molecule has 0 aromatic heterocycles. The Morgan fingerprint density at radius 2 is 0.564 bits per heavy atom. The van der Waals surface area contributed by atoms with Gasteiger partial charge in [-0.3, -0.25) is 19.2 Å². The molecule has 8 saturated heterocycles. The summed E-state index contributed by atoms with van der Waals surface area (Å²) in [5.41, 5.74) is 0. The maximum atomic E-state index is 13.0. The lowest BCUT2D eigenvalue weighted by atomic mass is 9.93. The molecule has 0 bridgehead atoms. The molecule has 26 N–H and O–H groups in total. The lowest BCUT2D eigenvalue weighted by Crippen LogP contribution is -2.71. The molecule has 8 rings (SSSR count). The van der Waals surface area contributed by atoms with Gasteiger partial charge in [-0.05, 0) is 0 Å². The molecule has 0 unspecified atom stereocenters. The minimum atomic E-state index is -2.63. The Morgan fingerprint density at radius 3 is 1.04 bits per heavy atom. The molecule has 0 aromatic rings. The molecule has 0 saturated carbocycles. The molecule has 0 radical (unpaired) electrons. The SMILES string of the molecule is CC(=O)N[C@@H]1[C@@H](O)[C@H](O[C@@H]2O[C@H](CO)[C@@H](O[C@@H]3O[C@H](CO[C@H]4O[C@H](CO)[C@@H](O)[C@H](O[C@H]5O[C@H](CO)[C@@H](O)[C@H](O)[C@@H]5O)[C@@H]4O)[C@@H](O[C@@H]4O[C@H](CO)[C@@H](O)[C@H](O)[C@H]4NC(C)=O)[C@H](O[C@H]4O[C@H](CO)[C@@H](O)[C@H](O)[C@@H]4O[C@@H]4O[C@H](CO)[C@@H](O)[C@H](O)[C@H]4NC(C)=O)[C@@H]3O)[C@H](O)[C@H]2NC(C)=O)[C@@H](CO)O[C@H]1O. The summed E-state index contributed by atoms with van der Waals surface area (Å²) in [6, 6.07) is -7.32. The fourth-order valence-corrected chi connectivity index (χ4v) is 13.0. The molecule has 45 nitrogen and oxygen atoms in total. The molecule has 40 atom stereocenters. The third-order valence-corrected chi connectivity index (χ3v) is 18.2. The predicted molar refractivity (Wildman–Crippen MR) is 311 cm³/mol. The third kappa shape index (κ3) is 18.5. The first-order chi connectivity index (χ1) is 47.8. The van der Waals surface area contributed by atoms with E-state index < -0.39 is 322 Å². The van der Waals surface area contributed by atoms with E-state index in [0.717, 1.165) is 27.7 Å². The number of carbonyl (C=O) groups excluding carboxylic acids is 4. The molecule has 8 fully saturated rings. The molecule has 4 amide bonds. The van der Waals surface area contributed by atoms with Crippen molar-refractivity contribution in [3.05, 3.63) is 0 Å². The predicted octanol–water partition coefficient (Wildman–Crippen LogP) is -17.9. The summed E-state index contributed by atoms with van der Waals surface area (Å²) in [5.74, 6) is -3.55. The number of aliphatic hydroxyl groups is 22. The molecule has 584 valence electrons. The van der Waals surface area contributed by atoms with Gasteiger partial charge in [-0.15, -0.1) is 0 Å². The van der Waals surface area contributed by atoms with E-state index in [-0.39, 0.29) is 0 Å². The van der Waals surface area contributed by atoms with Crippen LogP contribution in [0.2, 0.25) is 0 Å². The molecule has 0 aromatic carbocycles. The smallest absolute Gasteiger partial charge is 0.217 e. The van der Waals surface area contributed by atoms with E-state index in [1.165, 1.54) is 0 Å². The number of carbonyl (C=O) groups is 4. The van der Waals surface area contributed by atoms with E-state index in [1.54, 1.807) is 0 Å². The van der Waals surface area contributed by atoms with Gasteiger partial charge in [0.1, 0.15) is 195 Å². The molecule has 8 heterocycles. The minimum absolute atomic E-state index is 0.783. The Morgan fingerprint density at radius 1 is 0.257 bits per heavy atom. The van der Waals surface area contributed by atoms with Crippen LogP contribution >= 0.6 is 0 Å². The maximum absolute atomic E-state index is 13.0. The molecule has 45 heteroatoms. The Kier molecular flexibility index (Phi) is 29.9. The highest BCUT2D eigenvalue weighted by molar-refractivity contribution is 5.74. The van der Waals surface area contributed by atoms with E-state index in [2.05, 4.69) is 21.3 Å². The standard InChI is InChI=1S/C56H94N4O41/c1-13(68)57-25-36(79)43(22(10-66)88-49(25)86)96-52-28(60-16(4)71)37(80)44(23(11-67)94-52)97-55-42(85)47(100-56-48(39(82)32(75)20(8-64)93-56)101-51-27(59-15(3)70)35(78)30(73)18(6-62)90-51)45(98-50-26(58-14(2)69)34(77)29(72)17(5-61)89-50)24(95-55)12-87-53-41(84)46(33(76)21(9-65)91-53)99-54-40(83)38(81)31(74)19(7-63)92-54/h17-56,61-67,72-86H,5-12H2,1-4H3,(H,57,68)(H,58,69)(H,59,70)(H,60,71)/t17-,18-,19-,20-,21-,22-,23-,24-,25-,26-,27-,28-,29-,30-,31-,32-,33-,34-,35-,36-,37-,38+,39+,40+,41+,42+,43-,44-,45-,46+,47-,48+,49-,50+,51+,52+,53+,54-,55+,56-/m1/s1. The number of hydrogen-bond acceptors (Lipinski definition) is 41. The van der Waals surface area contributed by atoms with E-state index in [4.69, 9.17) is 71.1 Å². The quantitative estimate of drug-likeness (QED) is 0.0382. The number of ether oxygens (including phenoxy) is 15. The lowest BCUT2D eigenvalue weighted by Gasteiger charge is -2.52. The van der Waals surface area contributed by atoms with Gasteiger partial charge < -0.3 is 205 Å². The van der Waals surface area contributed by atoms with Gasteiger partial charge in [0, 0.05) is 27.7 Å². The van der Waals surface area contributed by atoms with Crippen LogP contribution in [0, 0.1) is 0 Å². The van der Waals surface area contributed by atoms with E-state index in [1.807, 2.05) is 0 Å². The van der Waals surface area contributed by atoms with E-state index in [9.17, 15) is 132 Å². The highest BCUT2D eigenvalue weighted by Gasteiger charge is 2.61. The summed E-state index contributed by atoms with van der Waals surface area (Å²) in [7, 11) is 0. The average molecular weight is 1480 g/mol. The zero-order valence-corrected chi connectivity index (χ0v) is 54.3. The fraction of sp³-hybridized carbons (Fsp3) is 0.929. The van der Waals surface area contributed by atoms with Crippen molar-refractivity contribution in [2.45, 2.75) is 273 Å². The van der Waals surface area contributed by atoms with Crippen LogP contribution in [0.3, 0.4) is 0 Å². The van der Waals surface area contributed by atoms with Crippen LogP contribution in [-0.4, -0.2) is 434 Å². The Labute approximate surface area is 572 Å². The van der Waals surface area contributed by atoms with Crippen molar-refractivity contribution in [3.63, 3.8) is 0 Å². The fourth-order valence-electron chi connectivity index (χ4n) is 13.0. The van der Waals surface area contributed by atoms with Crippen molar-refractivity contribution in [1.82, 2.24) is 21.3 Å². The molecule has 8 aliphatic heterocycles. The Bertz CT molecular complexity index is 2640. The molecular weight excluding hydrogens is 1380 g/mol. The molecular formula is C56H94N4O41. The average Bonchev–Trinajstić information content (AvgIpc) is 0.788. The largest absolute Gasteiger partial charge is 0.394 e. The summed E-state index contributed by atoms with van der Waals surface area (Å²) < 4.78 is 90.0. The summed E-state index contributed by atoms with van der Waals surface area (Å²) in [6.07, 6.45) is -75.5. The Balaban J connectivity index is 1.24. The van der Waals surface area contributed by atoms with Gasteiger partial charge in [-0.1, -0.05) is 0 Å². The van der Waals surface area contributed by atoms with Crippen LogP contribution in [0.4, 0.5) is 0 Å². The summed E-state index contributed by atoms with van der Waals surface area (Å²) in [5, 5.41) is 253. The van der Waals surface area contributed by atoms with E-state index >= 15 is 0 Å². The second-order valence-electron chi connectivity index (χ2n) is 25.4. The van der Waals surface area contributed by atoms with Crippen LogP contribution in [-0.2, 0) is 90.2 Å². The van der Waals surface area contributed by atoms with Crippen molar-refractivity contribution in [2.24, 2.45) is 0 Å². The normalized spacial score (nSPS) is 48.3. The lowest BCUT2D eigenvalue weighted by molar-refractivity contribution is -0.407. The number of hydrogen-bond donors (Lipinski definition) is 26. The third-order valence-electron chi connectivity index (χ3n) is 18.2. The van der Waals surface area contributed by atoms with Gasteiger partial charge in [0.15, 0.2) is 50.3 Å². The van der Waals surface area contributed by atoms with Crippen molar-refractivity contribution in [1.29, 1.82) is 0 Å². The van der Waals surface area contributed by atoms with Crippen LogP contribution in [0.25, 0.3) is 0 Å². The van der Waals surface area contributed by atoms with Crippen molar-refractivity contribution >= 4 is 23.6 Å². The topological polar surface area (TPSA) is 700 Å². The number of nitrogens with one attached hydrogen (secondary N) is 4. The van der Waals surface area contributed by atoms with Crippen LogP contribution < -0.4 is 21.3 Å². The minimum Gasteiger partial charge on any atom is -0.394 e. The second kappa shape index (κ2) is 36.3. The number of rotatable bonds is 26. The van der Waals surface area contributed by atoms with Crippen molar-refractivity contribution in [3.8, 4) is 0 Å². The van der Waals surface area contributed by atoms with Gasteiger partial charge in [0.05, 0.1) is 52.9 Å². The monoisotopic (exact) mass is 1480 g/mol. The van der Waals surface area contributed by atoms with Crippen LogP contribution in [0.5, 0.6) is 0 Å². The van der Waals surface area contributed by atoms with Crippen molar-refractivity contribution < 1.29 is 203 Å². The van der Waals surface area contributed by atoms with Crippen LogP contribution in [0.1, 0.15) is 27.7 Å². The first-order valence-corrected chi connectivity index (χ1v) is 32.1. The molecule has 8 aliphatic rings. The van der Waals surface area contributed by atoms with Gasteiger partial charge in [0.25, 0.3) is 0 Å². The molecule has 101 heavy (non-hydrogen) atoms. The number of aliphatic hydroxyl groups excluding tert-OH is 22. The molecule has 0 spiro atoms. The first kappa shape index (κ1) is 83.0. The zero-order chi connectivity index (χ0) is 74.5. The van der Waals surface area contributed by atoms with Gasteiger partial charge in [-0.2, -0.15) is 0 Å². The van der Waals surface area contributed by atoms with Gasteiger partial charge in [0.2, 0.25) is 23.6 Å². The summed E-state index contributed by atoms with van der Waals surface area (Å²) >= 11 is 0. The van der Waals surface area contributed by atoms with Gasteiger partial charge in [-0.25, -0.2) is 0 Å². The Hall–Kier alpha value is -3.60. The zero-order valence-electron chi connectivity index (χ0n) is 54.3. The molecule has 0 aliphatic carbocycles. The highest BCUT2D eigenvalue weighted by atomic mass is 16.8. The van der Waals surface area contributed by atoms with Gasteiger partial charge >= 0.3 is 0 Å². The second-order valence-corrected chi connectivity index (χ2v) is 25.4. The first-order valence-electron chi connectivity index (χ1n) is 32.1. The van der Waals surface area contributed by atoms with Crippen LogP contribution in [0.15, 0.2) is 0 Å². The number of amides is 4. The highest BCUT2D eigenvalue weighted by Crippen LogP contribution is 2.40. The summed E-state index contributed by atoms with van der Waals surface area (Å²) in [6.45, 7) is -4.93. The van der Waals surface area contributed by atoms with E-state index in [0.29, 0.717) is 0 Å².